The minimum atomic E-state index is -0.554. The molecule has 2 aromatic heterocycles. The van der Waals surface area contributed by atoms with E-state index in [1.165, 1.54) is 0 Å². The van der Waals surface area contributed by atoms with Gasteiger partial charge in [0.25, 0.3) is 5.91 Å². The first-order chi connectivity index (χ1) is 14.7. The second-order valence-corrected chi connectivity index (χ2v) is 7.65. The van der Waals surface area contributed by atoms with E-state index >= 15 is 0 Å². The molecule has 0 unspecified atom stereocenters. The minimum Gasteiger partial charge on any atom is -0.391 e. The number of benzene rings is 2. The molecule has 1 aliphatic heterocycles. The number of rotatable bonds is 4. The van der Waals surface area contributed by atoms with Crippen molar-refractivity contribution in [1.82, 2.24) is 24.6 Å². The maximum atomic E-state index is 13.1. The Labute approximate surface area is 173 Å². The minimum absolute atomic E-state index is 0.0132. The van der Waals surface area contributed by atoms with Gasteiger partial charge >= 0.3 is 0 Å². The molecule has 2 aromatic carbocycles. The molecule has 0 spiro atoms. The molecule has 7 heteroatoms. The third-order valence-electron chi connectivity index (χ3n) is 5.73. The fourth-order valence-electron chi connectivity index (χ4n) is 4.15. The van der Waals surface area contributed by atoms with E-state index in [9.17, 15) is 9.90 Å². The molecule has 4 aromatic rings. The number of para-hydroxylation sites is 1. The highest BCUT2D eigenvalue weighted by Gasteiger charge is 2.34. The lowest BCUT2D eigenvalue weighted by atomic mass is 9.94. The number of nitrogens with zero attached hydrogens (tertiary/aromatic N) is 5. The maximum Gasteiger partial charge on any atom is 0.254 e. The Kier molecular flexibility index (Phi) is 4.72. The van der Waals surface area contributed by atoms with E-state index < -0.39 is 6.10 Å². The second-order valence-electron chi connectivity index (χ2n) is 7.65. The summed E-state index contributed by atoms with van der Waals surface area (Å²) in [5.41, 5.74) is 3.50. The van der Waals surface area contributed by atoms with Crippen molar-refractivity contribution >= 4 is 16.8 Å². The van der Waals surface area contributed by atoms with Gasteiger partial charge in [0, 0.05) is 41.8 Å². The van der Waals surface area contributed by atoms with Gasteiger partial charge in [-0.15, -0.1) is 10.2 Å². The van der Waals surface area contributed by atoms with E-state index in [0.29, 0.717) is 25.1 Å². The zero-order valence-corrected chi connectivity index (χ0v) is 16.3. The lowest BCUT2D eigenvalue weighted by Crippen LogP contribution is -2.29. The molecule has 0 radical (unpaired) electrons. The Balaban J connectivity index is 1.34. The molecule has 1 amide bonds. The van der Waals surface area contributed by atoms with Crippen LogP contribution in [-0.4, -0.2) is 54.9 Å². The predicted octanol–water partition coefficient (Wildman–Crippen LogP) is 2.49. The van der Waals surface area contributed by atoms with Gasteiger partial charge in [0.05, 0.1) is 11.6 Å². The highest BCUT2D eigenvalue weighted by Crippen LogP contribution is 2.26. The van der Waals surface area contributed by atoms with E-state index in [2.05, 4.69) is 21.2 Å². The number of hydrogen-bond acceptors (Lipinski definition) is 5. The van der Waals surface area contributed by atoms with Gasteiger partial charge in [-0.1, -0.05) is 24.3 Å². The van der Waals surface area contributed by atoms with Crippen molar-refractivity contribution in [3.63, 3.8) is 0 Å². The van der Waals surface area contributed by atoms with Crippen LogP contribution >= 0.6 is 0 Å². The largest absolute Gasteiger partial charge is 0.391 e. The number of pyridine rings is 1. The summed E-state index contributed by atoms with van der Waals surface area (Å²) in [5.74, 6) is -0.0909. The second kappa shape index (κ2) is 7.68. The summed E-state index contributed by atoms with van der Waals surface area (Å²) in [5, 5.41) is 19.4. The molecule has 1 fully saturated rings. The van der Waals surface area contributed by atoms with E-state index in [-0.39, 0.29) is 11.8 Å². The number of hydrogen-bond donors (Lipinski definition) is 1. The van der Waals surface area contributed by atoms with Crippen molar-refractivity contribution in [2.24, 2.45) is 5.92 Å². The summed E-state index contributed by atoms with van der Waals surface area (Å²) < 4.78 is 1.76. The summed E-state index contributed by atoms with van der Waals surface area (Å²) >= 11 is 0. The summed E-state index contributed by atoms with van der Waals surface area (Å²) in [4.78, 5) is 19.2. The number of β-amino-alcohol motifs (C(OH)–C–C–N with tert-alkyl or cyclic N) is 1. The van der Waals surface area contributed by atoms with E-state index in [1.54, 1.807) is 34.4 Å². The van der Waals surface area contributed by atoms with Crippen LogP contribution in [0.4, 0.5) is 0 Å². The molecule has 0 saturated carbocycles. The third-order valence-corrected chi connectivity index (χ3v) is 5.73. The Morgan fingerprint density at radius 3 is 2.73 bits per heavy atom. The number of aliphatic hydroxyl groups is 1. The van der Waals surface area contributed by atoms with Crippen LogP contribution in [0.1, 0.15) is 15.9 Å². The van der Waals surface area contributed by atoms with Crippen LogP contribution in [0.25, 0.3) is 16.6 Å². The maximum absolute atomic E-state index is 13.1. The number of amides is 1. The van der Waals surface area contributed by atoms with Crippen LogP contribution in [0.5, 0.6) is 0 Å². The molecular weight excluding hydrogens is 378 g/mol. The number of carbonyl (C=O) groups excluding carboxylic acids is 1. The molecular formula is C23H21N5O2. The number of aromatic nitrogens is 4. The molecule has 3 heterocycles. The summed E-state index contributed by atoms with van der Waals surface area (Å²) in [6.07, 6.45) is 5.14. The lowest BCUT2D eigenvalue weighted by Gasteiger charge is -2.17. The van der Waals surface area contributed by atoms with Crippen LogP contribution < -0.4 is 0 Å². The Morgan fingerprint density at radius 2 is 1.87 bits per heavy atom. The fourth-order valence-corrected chi connectivity index (χ4v) is 4.15. The SMILES string of the molecule is O=C(c1cccc(-n2cnnc2)c1)N1C[C@@H](Cc2ccnc3ccccc23)[C@@H](O)C1. The quantitative estimate of drug-likeness (QED) is 0.570. The summed E-state index contributed by atoms with van der Waals surface area (Å²) in [7, 11) is 0. The first-order valence-electron chi connectivity index (χ1n) is 9.94. The van der Waals surface area contributed by atoms with E-state index in [4.69, 9.17) is 0 Å². The van der Waals surface area contributed by atoms with Gasteiger partial charge < -0.3 is 10.0 Å². The summed E-state index contributed by atoms with van der Waals surface area (Å²) in [6.45, 7) is 0.858. The van der Waals surface area contributed by atoms with Crippen LogP contribution in [0.15, 0.2) is 73.4 Å². The Hall–Kier alpha value is -3.58. The van der Waals surface area contributed by atoms with Crippen LogP contribution in [0, 0.1) is 5.92 Å². The fraction of sp³-hybridized carbons (Fsp3) is 0.217. The third kappa shape index (κ3) is 3.44. The van der Waals surface area contributed by atoms with Gasteiger partial charge in [-0.3, -0.25) is 14.3 Å². The lowest BCUT2D eigenvalue weighted by molar-refractivity contribution is 0.0764. The molecule has 1 saturated heterocycles. The van der Waals surface area contributed by atoms with Crippen molar-refractivity contribution in [2.45, 2.75) is 12.5 Å². The van der Waals surface area contributed by atoms with Gasteiger partial charge in [-0.25, -0.2) is 0 Å². The molecule has 1 N–H and O–H groups in total. The molecule has 0 aliphatic carbocycles. The van der Waals surface area contributed by atoms with Gasteiger partial charge in [-0.05, 0) is 42.3 Å². The summed E-state index contributed by atoms with van der Waals surface area (Å²) in [6, 6.07) is 17.4. The molecule has 5 rings (SSSR count). The van der Waals surface area contributed by atoms with E-state index in [1.807, 2.05) is 42.5 Å². The molecule has 7 nitrogen and oxygen atoms in total. The van der Waals surface area contributed by atoms with Gasteiger partial charge in [0.15, 0.2) is 0 Å². The van der Waals surface area contributed by atoms with Crippen molar-refractivity contribution < 1.29 is 9.90 Å². The van der Waals surface area contributed by atoms with Gasteiger partial charge in [0.1, 0.15) is 12.7 Å². The molecule has 1 aliphatic rings. The topological polar surface area (TPSA) is 84.1 Å². The number of fused-ring (bicyclic) bond motifs is 1. The van der Waals surface area contributed by atoms with Crippen molar-refractivity contribution in [3.05, 3.63) is 84.6 Å². The number of carbonyl (C=O) groups is 1. The molecule has 30 heavy (non-hydrogen) atoms. The molecule has 2 atom stereocenters. The zero-order chi connectivity index (χ0) is 20.5. The normalized spacial score (nSPS) is 18.8. The first kappa shape index (κ1) is 18.4. The van der Waals surface area contributed by atoms with Crippen molar-refractivity contribution in [1.29, 1.82) is 0 Å². The van der Waals surface area contributed by atoms with Gasteiger partial charge in [0.2, 0.25) is 0 Å². The van der Waals surface area contributed by atoms with Crippen molar-refractivity contribution in [3.8, 4) is 5.69 Å². The predicted molar refractivity (Wildman–Crippen MR) is 112 cm³/mol. The monoisotopic (exact) mass is 399 g/mol. The molecule has 0 bridgehead atoms. The average Bonchev–Trinajstić information content (AvgIpc) is 3.44. The average molecular weight is 399 g/mol. The van der Waals surface area contributed by atoms with Crippen LogP contribution in [0.2, 0.25) is 0 Å². The number of likely N-dealkylation sites (tertiary alicyclic amines) is 1. The van der Waals surface area contributed by atoms with Crippen LogP contribution in [-0.2, 0) is 6.42 Å². The van der Waals surface area contributed by atoms with Gasteiger partial charge in [-0.2, -0.15) is 0 Å². The Morgan fingerprint density at radius 1 is 1.03 bits per heavy atom. The first-order valence-corrected chi connectivity index (χ1v) is 9.94. The van der Waals surface area contributed by atoms with E-state index in [0.717, 1.165) is 22.2 Å². The smallest absolute Gasteiger partial charge is 0.254 e. The highest BCUT2D eigenvalue weighted by atomic mass is 16.3. The Bertz CT molecular complexity index is 1190. The van der Waals surface area contributed by atoms with Crippen LogP contribution in [0.3, 0.4) is 0 Å². The van der Waals surface area contributed by atoms with Crippen molar-refractivity contribution in [2.75, 3.05) is 13.1 Å². The molecule has 150 valence electrons. The standard InChI is InChI=1S/C23H21N5O2/c29-22-13-27(23(30)17-4-3-5-19(11-17)28-14-25-26-15-28)12-18(22)10-16-8-9-24-21-7-2-1-6-20(16)21/h1-9,11,14-15,18,22,29H,10,12-13H2/t18-,22+/m1/s1. The number of aliphatic hydroxyl groups excluding tert-OH is 1. The highest BCUT2D eigenvalue weighted by molar-refractivity contribution is 5.95. The zero-order valence-electron chi connectivity index (χ0n) is 16.3.